The number of rotatable bonds is 2. The predicted molar refractivity (Wildman–Crippen MR) is 73.3 cm³/mol. The summed E-state index contributed by atoms with van der Waals surface area (Å²) in [7, 11) is 0. The van der Waals surface area contributed by atoms with Crippen LogP contribution in [0, 0.1) is 5.92 Å². The summed E-state index contributed by atoms with van der Waals surface area (Å²) in [6, 6.07) is 0. The van der Waals surface area contributed by atoms with Crippen LogP contribution in [0.5, 0.6) is 0 Å². The number of nitrogens with zero attached hydrogens (tertiary/aromatic N) is 1. The molecule has 2 saturated heterocycles. The summed E-state index contributed by atoms with van der Waals surface area (Å²) in [5.41, 5.74) is 0. The molecule has 98 valence electrons. The summed E-state index contributed by atoms with van der Waals surface area (Å²) in [5, 5.41) is 4.54. The number of thioether (sulfide) groups is 1. The molecule has 2 aliphatic rings. The number of amides is 1. The van der Waals surface area contributed by atoms with Gasteiger partial charge < -0.3 is 10.2 Å². The first-order valence-electron chi connectivity index (χ1n) is 6.79. The largest absolute Gasteiger partial charge is 0.340 e. The van der Waals surface area contributed by atoms with Gasteiger partial charge in [-0.15, -0.1) is 0 Å². The van der Waals surface area contributed by atoms with Gasteiger partial charge >= 0.3 is 0 Å². The van der Waals surface area contributed by atoms with E-state index in [1.54, 1.807) is 0 Å². The standard InChI is InChI=1S/C13H24N2OS/c1-10-8-15(9-11(2)17-10)13(16)7-12-3-5-14-6-4-12/h10-12,14H,3-9H2,1-2H3. The molecule has 0 bridgehead atoms. The number of carbonyl (C=O) groups excluding carboxylic acids is 1. The van der Waals surface area contributed by atoms with Gasteiger partial charge in [0, 0.05) is 30.0 Å². The summed E-state index contributed by atoms with van der Waals surface area (Å²) < 4.78 is 0. The zero-order valence-corrected chi connectivity index (χ0v) is 11.8. The second kappa shape index (κ2) is 6.10. The van der Waals surface area contributed by atoms with Crippen LogP contribution in [0.1, 0.15) is 33.1 Å². The minimum atomic E-state index is 0.385. The molecule has 0 aromatic carbocycles. The van der Waals surface area contributed by atoms with Gasteiger partial charge in [-0.3, -0.25) is 4.79 Å². The van der Waals surface area contributed by atoms with E-state index in [9.17, 15) is 4.79 Å². The molecule has 2 fully saturated rings. The van der Waals surface area contributed by atoms with Crippen LogP contribution in [0.4, 0.5) is 0 Å². The molecule has 2 atom stereocenters. The Hall–Kier alpha value is -0.220. The molecule has 0 aliphatic carbocycles. The lowest BCUT2D eigenvalue weighted by Crippen LogP contribution is -2.45. The third-order valence-corrected chi connectivity index (χ3v) is 4.92. The van der Waals surface area contributed by atoms with Crippen molar-refractivity contribution in [1.82, 2.24) is 10.2 Å². The molecule has 4 heteroatoms. The average Bonchev–Trinajstić information content (AvgIpc) is 2.29. The molecule has 3 nitrogen and oxygen atoms in total. The highest BCUT2D eigenvalue weighted by molar-refractivity contribution is 8.00. The van der Waals surface area contributed by atoms with Crippen molar-refractivity contribution < 1.29 is 4.79 Å². The van der Waals surface area contributed by atoms with Gasteiger partial charge in [0.2, 0.25) is 5.91 Å². The second-order valence-corrected chi connectivity index (χ2v) is 7.34. The van der Waals surface area contributed by atoms with Gasteiger partial charge in [0.1, 0.15) is 0 Å². The van der Waals surface area contributed by atoms with E-state index in [-0.39, 0.29) is 0 Å². The number of hydrogen-bond acceptors (Lipinski definition) is 3. The Morgan fingerprint density at radius 2 is 1.82 bits per heavy atom. The lowest BCUT2D eigenvalue weighted by Gasteiger charge is -2.35. The molecule has 2 unspecified atom stereocenters. The predicted octanol–water partition coefficient (Wildman–Crippen LogP) is 1.73. The molecule has 1 amide bonds. The first-order chi connectivity index (χ1) is 8.15. The third kappa shape index (κ3) is 3.88. The van der Waals surface area contributed by atoms with Crippen molar-refractivity contribution in [3.05, 3.63) is 0 Å². The van der Waals surface area contributed by atoms with Crippen molar-refractivity contribution in [2.24, 2.45) is 5.92 Å². The first-order valence-corrected chi connectivity index (χ1v) is 7.73. The molecule has 1 N–H and O–H groups in total. The first kappa shape index (κ1) is 13.2. The molecule has 0 aromatic heterocycles. The Kier molecular flexibility index (Phi) is 4.74. The Morgan fingerprint density at radius 1 is 1.24 bits per heavy atom. The molecule has 2 heterocycles. The summed E-state index contributed by atoms with van der Waals surface area (Å²) in [4.78, 5) is 14.3. The maximum Gasteiger partial charge on any atom is 0.222 e. The highest BCUT2D eigenvalue weighted by atomic mass is 32.2. The Morgan fingerprint density at radius 3 is 2.41 bits per heavy atom. The minimum Gasteiger partial charge on any atom is -0.340 e. The molecular weight excluding hydrogens is 232 g/mol. The van der Waals surface area contributed by atoms with Crippen LogP contribution >= 0.6 is 11.8 Å². The number of carbonyl (C=O) groups is 1. The summed E-state index contributed by atoms with van der Waals surface area (Å²) in [6.45, 7) is 8.51. The minimum absolute atomic E-state index is 0.385. The fraction of sp³-hybridized carbons (Fsp3) is 0.923. The molecule has 17 heavy (non-hydrogen) atoms. The number of hydrogen-bond donors (Lipinski definition) is 1. The van der Waals surface area contributed by atoms with Gasteiger partial charge in [-0.05, 0) is 31.8 Å². The normalized spacial score (nSPS) is 31.5. The van der Waals surface area contributed by atoms with Crippen molar-refractivity contribution in [1.29, 1.82) is 0 Å². The average molecular weight is 256 g/mol. The highest BCUT2D eigenvalue weighted by Gasteiger charge is 2.27. The van der Waals surface area contributed by atoms with Crippen molar-refractivity contribution in [2.75, 3.05) is 26.2 Å². The van der Waals surface area contributed by atoms with Crippen molar-refractivity contribution in [3.63, 3.8) is 0 Å². The lowest BCUT2D eigenvalue weighted by molar-refractivity contribution is -0.132. The van der Waals surface area contributed by atoms with Crippen LogP contribution in [-0.4, -0.2) is 47.5 Å². The SMILES string of the molecule is CC1CN(C(=O)CC2CCNCC2)CC(C)S1. The lowest BCUT2D eigenvalue weighted by atomic mass is 9.94. The van der Waals surface area contributed by atoms with Crippen LogP contribution in [0.2, 0.25) is 0 Å². The van der Waals surface area contributed by atoms with E-state index in [1.807, 2.05) is 11.8 Å². The zero-order valence-electron chi connectivity index (χ0n) is 10.9. The Labute approximate surface area is 109 Å². The van der Waals surface area contributed by atoms with Crippen molar-refractivity contribution in [3.8, 4) is 0 Å². The van der Waals surface area contributed by atoms with Crippen molar-refractivity contribution in [2.45, 2.75) is 43.6 Å². The van der Waals surface area contributed by atoms with Gasteiger partial charge in [-0.2, -0.15) is 11.8 Å². The van der Waals surface area contributed by atoms with E-state index in [2.05, 4.69) is 24.1 Å². The topological polar surface area (TPSA) is 32.3 Å². The van der Waals surface area contributed by atoms with E-state index in [1.165, 1.54) is 12.8 Å². The summed E-state index contributed by atoms with van der Waals surface area (Å²) in [5.74, 6) is 1.000. The van der Waals surface area contributed by atoms with Crippen LogP contribution in [0.25, 0.3) is 0 Å². The van der Waals surface area contributed by atoms with Gasteiger partial charge in [-0.25, -0.2) is 0 Å². The smallest absolute Gasteiger partial charge is 0.222 e. The van der Waals surface area contributed by atoms with Gasteiger partial charge in [0.25, 0.3) is 0 Å². The Bertz CT molecular complexity index is 256. The molecule has 2 rings (SSSR count). The van der Waals surface area contributed by atoms with Crippen molar-refractivity contribution >= 4 is 17.7 Å². The molecule has 0 aromatic rings. The van der Waals surface area contributed by atoms with E-state index in [0.717, 1.165) is 32.6 Å². The summed E-state index contributed by atoms with van der Waals surface area (Å²) in [6.07, 6.45) is 3.10. The third-order valence-electron chi connectivity index (χ3n) is 3.69. The van der Waals surface area contributed by atoms with Gasteiger partial charge in [-0.1, -0.05) is 13.8 Å². The van der Waals surface area contributed by atoms with Crippen LogP contribution in [-0.2, 0) is 4.79 Å². The van der Waals surface area contributed by atoms with E-state index < -0.39 is 0 Å². The fourth-order valence-corrected chi connectivity index (χ4v) is 4.17. The quantitative estimate of drug-likeness (QED) is 0.816. The number of piperidine rings is 1. The number of nitrogens with one attached hydrogen (secondary N) is 1. The zero-order chi connectivity index (χ0) is 12.3. The second-order valence-electron chi connectivity index (χ2n) is 5.45. The maximum atomic E-state index is 12.3. The molecule has 0 radical (unpaired) electrons. The molecular formula is C13H24N2OS. The Balaban J connectivity index is 1.81. The summed E-state index contributed by atoms with van der Waals surface area (Å²) >= 11 is 2.00. The van der Waals surface area contributed by atoms with Gasteiger partial charge in [0.15, 0.2) is 0 Å². The fourth-order valence-electron chi connectivity index (χ4n) is 2.84. The molecule has 0 spiro atoms. The highest BCUT2D eigenvalue weighted by Crippen LogP contribution is 2.26. The van der Waals surface area contributed by atoms with Crippen LogP contribution in [0.3, 0.4) is 0 Å². The van der Waals surface area contributed by atoms with Crippen LogP contribution < -0.4 is 5.32 Å². The van der Waals surface area contributed by atoms with E-state index in [0.29, 0.717) is 22.3 Å². The monoisotopic (exact) mass is 256 g/mol. The van der Waals surface area contributed by atoms with Crippen LogP contribution in [0.15, 0.2) is 0 Å². The molecule has 0 saturated carbocycles. The maximum absolute atomic E-state index is 12.3. The van der Waals surface area contributed by atoms with E-state index >= 15 is 0 Å². The van der Waals surface area contributed by atoms with Gasteiger partial charge in [0.05, 0.1) is 0 Å². The van der Waals surface area contributed by atoms with E-state index in [4.69, 9.17) is 0 Å². The molecule has 2 aliphatic heterocycles.